The van der Waals surface area contributed by atoms with Gasteiger partial charge in [0.15, 0.2) is 0 Å². The van der Waals surface area contributed by atoms with Crippen LogP contribution in [0.4, 0.5) is 13.2 Å². The summed E-state index contributed by atoms with van der Waals surface area (Å²) in [6, 6.07) is 3.22. The van der Waals surface area contributed by atoms with Crippen LogP contribution in [0, 0.1) is 5.92 Å². The van der Waals surface area contributed by atoms with Crippen molar-refractivity contribution in [1.29, 1.82) is 0 Å². The molecule has 0 radical (unpaired) electrons. The van der Waals surface area contributed by atoms with Gasteiger partial charge in [-0.1, -0.05) is 13.0 Å². The molecule has 1 saturated heterocycles. The Morgan fingerprint density at radius 1 is 1.38 bits per heavy atom. The summed E-state index contributed by atoms with van der Waals surface area (Å²) >= 11 is 0. The number of nitrogens with two attached hydrogens (primary N) is 1. The number of halogens is 3. The zero-order chi connectivity index (χ0) is 19.5. The van der Waals surface area contributed by atoms with E-state index in [2.05, 4.69) is 11.6 Å². The molecule has 1 aliphatic rings. The van der Waals surface area contributed by atoms with Crippen LogP contribution in [0.3, 0.4) is 0 Å². The van der Waals surface area contributed by atoms with E-state index in [1.807, 2.05) is 0 Å². The first-order chi connectivity index (χ1) is 12.0. The number of carbonyl (C=O) groups excluding carboxylic acids is 1. The van der Waals surface area contributed by atoms with E-state index in [4.69, 9.17) is 5.73 Å². The molecule has 1 heterocycles. The maximum atomic E-state index is 12.7. The van der Waals surface area contributed by atoms with E-state index >= 15 is 0 Å². The molecule has 26 heavy (non-hydrogen) atoms. The van der Waals surface area contributed by atoms with Crippen molar-refractivity contribution in [3.63, 3.8) is 0 Å². The molecule has 146 valence electrons. The summed E-state index contributed by atoms with van der Waals surface area (Å²) < 4.78 is 64.8. The van der Waals surface area contributed by atoms with Crippen LogP contribution in [0.25, 0.3) is 0 Å². The molecular weight excluding hydrogens is 371 g/mol. The first-order valence-electron chi connectivity index (χ1n) is 8.21. The summed E-state index contributed by atoms with van der Waals surface area (Å²) in [7, 11) is -4.24. The van der Waals surface area contributed by atoms with Crippen LogP contribution in [0.1, 0.15) is 25.3 Å². The molecule has 2 unspecified atom stereocenters. The molecule has 0 aliphatic carbocycles. The minimum atomic E-state index is -4.65. The lowest BCUT2D eigenvalue weighted by molar-refractivity contribution is -0.137. The molecule has 10 heteroatoms. The number of nitrogens with one attached hydrogen (secondary N) is 1. The summed E-state index contributed by atoms with van der Waals surface area (Å²) in [4.78, 5) is 13.3. The van der Waals surface area contributed by atoms with Crippen molar-refractivity contribution in [2.45, 2.75) is 36.9 Å². The van der Waals surface area contributed by atoms with E-state index in [9.17, 15) is 26.4 Å². The molecule has 0 aromatic heterocycles. The van der Waals surface area contributed by atoms with Crippen LogP contribution in [-0.2, 0) is 21.0 Å². The second-order valence-electron chi connectivity index (χ2n) is 6.46. The molecule has 1 aromatic rings. The lowest BCUT2D eigenvalue weighted by Crippen LogP contribution is -2.52. The molecule has 3 N–H and O–H groups in total. The molecule has 1 amide bonds. The maximum absolute atomic E-state index is 12.7. The van der Waals surface area contributed by atoms with Crippen molar-refractivity contribution in [1.82, 2.24) is 9.62 Å². The number of rotatable bonds is 5. The number of carbonyl (C=O) groups is 1. The molecule has 1 aliphatic heterocycles. The van der Waals surface area contributed by atoms with Gasteiger partial charge in [-0.05, 0) is 37.0 Å². The number of piperidine rings is 1. The second kappa shape index (κ2) is 7.93. The van der Waals surface area contributed by atoms with Crippen LogP contribution < -0.4 is 10.5 Å². The van der Waals surface area contributed by atoms with Crippen LogP contribution in [0.5, 0.6) is 0 Å². The zero-order valence-corrected chi connectivity index (χ0v) is 15.1. The van der Waals surface area contributed by atoms with Crippen molar-refractivity contribution < 1.29 is 26.4 Å². The predicted octanol–water partition coefficient (Wildman–Crippen LogP) is 1.57. The van der Waals surface area contributed by atoms with Gasteiger partial charge in [0.2, 0.25) is 15.9 Å². The Kier molecular flexibility index (Phi) is 6.30. The molecule has 1 fully saturated rings. The highest BCUT2D eigenvalue weighted by Gasteiger charge is 2.32. The average molecular weight is 393 g/mol. The highest BCUT2D eigenvalue weighted by atomic mass is 32.2. The topological polar surface area (TPSA) is 92.5 Å². The summed E-state index contributed by atoms with van der Waals surface area (Å²) in [6.07, 6.45) is -3.12. The molecule has 2 rings (SSSR count). The fourth-order valence-electron chi connectivity index (χ4n) is 2.98. The molecule has 0 saturated carbocycles. The number of amides is 1. The highest BCUT2D eigenvalue weighted by molar-refractivity contribution is 7.89. The normalized spacial score (nSPS) is 21.7. The SMILES string of the molecule is CC1CCN(C(=O)CNS(=O)(=O)c2cccc(C(F)(F)F)c2)C(CN)C1. The summed E-state index contributed by atoms with van der Waals surface area (Å²) in [5.41, 5.74) is 4.62. The van der Waals surface area contributed by atoms with Crippen LogP contribution in [0.2, 0.25) is 0 Å². The van der Waals surface area contributed by atoms with Crippen LogP contribution >= 0.6 is 0 Å². The van der Waals surface area contributed by atoms with Gasteiger partial charge in [-0.3, -0.25) is 4.79 Å². The number of sulfonamides is 1. The molecule has 2 atom stereocenters. The van der Waals surface area contributed by atoms with Crippen LogP contribution in [-0.4, -0.2) is 44.9 Å². The largest absolute Gasteiger partial charge is 0.416 e. The van der Waals surface area contributed by atoms with Gasteiger partial charge in [-0.25, -0.2) is 13.1 Å². The monoisotopic (exact) mass is 393 g/mol. The lowest BCUT2D eigenvalue weighted by Gasteiger charge is -2.38. The minimum Gasteiger partial charge on any atom is -0.337 e. The van der Waals surface area contributed by atoms with Gasteiger partial charge in [0, 0.05) is 19.1 Å². The van der Waals surface area contributed by atoms with Gasteiger partial charge in [0.05, 0.1) is 17.0 Å². The zero-order valence-electron chi connectivity index (χ0n) is 14.3. The molecule has 1 aromatic carbocycles. The van der Waals surface area contributed by atoms with Crippen molar-refractivity contribution in [3.05, 3.63) is 29.8 Å². The van der Waals surface area contributed by atoms with E-state index in [-0.39, 0.29) is 12.6 Å². The number of alkyl halides is 3. The van der Waals surface area contributed by atoms with Crippen molar-refractivity contribution in [2.75, 3.05) is 19.6 Å². The summed E-state index contributed by atoms with van der Waals surface area (Å²) in [5.74, 6) is -0.0164. The van der Waals surface area contributed by atoms with E-state index in [0.717, 1.165) is 31.0 Å². The van der Waals surface area contributed by atoms with Crippen LogP contribution in [0.15, 0.2) is 29.2 Å². The Labute approximate surface area is 150 Å². The number of nitrogens with zero attached hydrogens (tertiary/aromatic N) is 1. The highest BCUT2D eigenvalue weighted by Crippen LogP contribution is 2.30. The Bertz CT molecular complexity index is 753. The van der Waals surface area contributed by atoms with E-state index in [0.29, 0.717) is 18.5 Å². The Hall–Kier alpha value is -1.65. The number of likely N-dealkylation sites (tertiary alicyclic amines) is 1. The number of benzene rings is 1. The number of hydrogen-bond acceptors (Lipinski definition) is 4. The second-order valence-corrected chi connectivity index (χ2v) is 8.22. The third-order valence-electron chi connectivity index (χ3n) is 4.46. The quantitative estimate of drug-likeness (QED) is 0.794. The minimum absolute atomic E-state index is 0.163. The summed E-state index contributed by atoms with van der Waals surface area (Å²) in [5, 5.41) is 0. The smallest absolute Gasteiger partial charge is 0.337 e. The van der Waals surface area contributed by atoms with Crippen molar-refractivity contribution >= 4 is 15.9 Å². The molecule has 0 bridgehead atoms. The standard InChI is InChI=1S/C16H22F3N3O3S/c1-11-5-6-22(13(7-11)9-20)15(23)10-21-26(24,25)14-4-2-3-12(8-14)16(17,18)19/h2-4,8,11,13,21H,5-7,9-10,20H2,1H3. The van der Waals surface area contributed by atoms with Crippen molar-refractivity contribution in [3.8, 4) is 0 Å². The molecule has 6 nitrogen and oxygen atoms in total. The first-order valence-corrected chi connectivity index (χ1v) is 9.69. The first kappa shape index (κ1) is 20.7. The Morgan fingerprint density at radius 3 is 2.69 bits per heavy atom. The fraction of sp³-hybridized carbons (Fsp3) is 0.562. The average Bonchev–Trinajstić information content (AvgIpc) is 2.59. The van der Waals surface area contributed by atoms with Gasteiger partial charge in [-0.2, -0.15) is 13.2 Å². The lowest BCUT2D eigenvalue weighted by atomic mass is 9.92. The van der Waals surface area contributed by atoms with Gasteiger partial charge < -0.3 is 10.6 Å². The van der Waals surface area contributed by atoms with Gasteiger partial charge in [-0.15, -0.1) is 0 Å². The third kappa shape index (κ3) is 4.95. The maximum Gasteiger partial charge on any atom is 0.416 e. The molecular formula is C16H22F3N3O3S. The van der Waals surface area contributed by atoms with E-state index < -0.39 is 39.1 Å². The van der Waals surface area contributed by atoms with Crippen molar-refractivity contribution in [2.24, 2.45) is 11.7 Å². The van der Waals surface area contributed by atoms with Gasteiger partial charge in [0.1, 0.15) is 0 Å². The summed E-state index contributed by atoms with van der Waals surface area (Å²) in [6.45, 7) is 2.29. The Balaban J connectivity index is 2.07. The number of hydrogen-bond donors (Lipinski definition) is 2. The Morgan fingerprint density at radius 2 is 2.08 bits per heavy atom. The molecule has 0 spiro atoms. The van der Waals surface area contributed by atoms with E-state index in [1.165, 1.54) is 4.90 Å². The predicted molar refractivity (Wildman–Crippen MR) is 89.6 cm³/mol. The van der Waals surface area contributed by atoms with E-state index in [1.54, 1.807) is 0 Å². The van der Waals surface area contributed by atoms with Gasteiger partial charge >= 0.3 is 6.18 Å². The fourth-order valence-corrected chi connectivity index (χ4v) is 4.00. The third-order valence-corrected chi connectivity index (χ3v) is 5.85. The van der Waals surface area contributed by atoms with Gasteiger partial charge in [0.25, 0.3) is 0 Å².